The third-order valence-electron chi connectivity index (χ3n) is 4.34. The van der Waals surface area contributed by atoms with Gasteiger partial charge in [-0.3, -0.25) is 4.99 Å². The van der Waals surface area contributed by atoms with Crippen molar-refractivity contribution in [3.63, 3.8) is 0 Å². The van der Waals surface area contributed by atoms with Gasteiger partial charge >= 0.3 is 0 Å². The molecule has 6 nitrogen and oxygen atoms in total. The lowest BCUT2D eigenvalue weighted by Gasteiger charge is -2.17. The zero-order valence-corrected chi connectivity index (χ0v) is 16.3. The predicted molar refractivity (Wildman–Crippen MR) is 104 cm³/mol. The molecule has 1 aromatic carbocycles. The van der Waals surface area contributed by atoms with Crippen molar-refractivity contribution in [1.82, 2.24) is 14.9 Å². The number of benzene rings is 1. The van der Waals surface area contributed by atoms with Gasteiger partial charge in [-0.1, -0.05) is 36.8 Å². The van der Waals surface area contributed by atoms with Gasteiger partial charge in [0, 0.05) is 38.6 Å². The van der Waals surface area contributed by atoms with E-state index in [1.165, 1.54) is 11.1 Å². The topological polar surface area (TPSA) is 73.8 Å². The molecule has 1 heterocycles. The summed E-state index contributed by atoms with van der Waals surface area (Å²) in [6.07, 6.45) is 0.727. The summed E-state index contributed by atoms with van der Waals surface area (Å²) in [5.74, 6) is 1.34. The lowest BCUT2D eigenvalue weighted by atomic mass is 10.00. The van der Waals surface area contributed by atoms with Gasteiger partial charge in [0.05, 0.1) is 5.75 Å². The Kier molecular flexibility index (Phi) is 7.25. The molecule has 2 N–H and O–H groups in total. The molecule has 0 radical (unpaired) electrons. The van der Waals surface area contributed by atoms with E-state index in [-0.39, 0.29) is 5.75 Å². The highest BCUT2D eigenvalue weighted by molar-refractivity contribution is 7.89. The monoisotopic (exact) mass is 366 g/mol. The van der Waals surface area contributed by atoms with E-state index in [4.69, 9.17) is 0 Å². The first kappa shape index (κ1) is 19.7. The Bertz CT molecular complexity index is 688. The second kappa shape index (κ2) is 9.20. The summed E-state index contributed by atoms with van der Waals surface area (Å²) >= 11 is 0. The van der Waals surface area contributed by atoms with Crippen LogP contribution < -0.4 is 10.6 Å². The van der Waals surface area contributed by atoms with Crippen LogP contribution in [0.1, 0.15) is 37.3 Å². The van der Waals surface area contributed by atoms with E-state index in [1.54, 1.807) is 4.31 Å². The first-order chi connectivity index (χ1) is 11.9. The van der Waals surface area contributed by atoms with E-state index in [2.05, 4.69) is 53.7 Å². The van der Waals surface area contributed by atoms with E-state index in [0.717, 1.165) is 18.9 Å². The SMILES string of the molecule is CCNC(=NCC(C)c1cccc(C)c1)NCCN1CCCS1(=O)=O. The van der Waals surface area contributed by atoms with Gasteiger partial charge in [0.1, 0.15) is 0 Å². The lowest BCUT2D eigenvalue weighted by molar-refractivity contribution is 0.445. The average molecular weight is 367 g/mol. The molecule has 1 saturated heterocycles. The molecule has 0 bridgehead atoms. The van der Waals surface area contributed by atoms with E-state index >= 15 is 0 Å². The van der Waals surface area contributed by atoms with Crippen molar-refractivity contribution in [2.24, 2.45) is 4.99 Å². The van der Waals surface area contributed by atoms with Gasteiger partial charge in [-0.05, 0) is 25.8 Å². The molecule has 25 heavy (non-hydrogen) atoms. The summed E-state index contributed by atoms with van der Waals surface area (Å²) in [6.45, 7) is 9.40. The van der Waals surface area contributed by atoms with Gasteiger partial charge in [-0.25, -0.2) is 12.7 Å². The normalized spacial score (nSPS) is 18.9. The van der Waals surface area contributed by atoms with Crippen molar-refractivity contribution in [2.75, 3.05) is 38.5 Å². The molecule has 7 heteroatoms. The van der Waals surface area contributed by atoms with Crippen molar-refractivity contribution in [1.29, 1.82) is 0 Å². The number of sulfonamides is 1. The predicted octanol–water partition coefficient (Wildman–Crippen LogP) is 1.69. The smallest absolute Gasteiger partial charge is 0.214 e. The van der Waals surface area contributed by atoms with Gasteiger partial charge < -0.3 is 10.6 Å². The molecule has 1 aliphatic heterocycles. The Labute approximate surface area is 151 Å². The molecular weight excluding hydrogens is 336 g/mol. The fraction of sp³-hybridized carbons (Fsp3) is 0.611. The highest BCUT2D eigenvalue weighted by Gasteiger charge is 2.27. The molecule has 1 unspecified atom stereocenters. The number of guanidine groups is 1. The van der Waals surface area contributed by atoms with Crippen LogP contribution >= 0.6 is 0 Å². The maximum absolute atomic E-state index is 11.8. The Morgan fingerprint density at radius 1 is 1.36 bits per heavy atom. The van der Waals surface area contributed by atoms with Crippen LogP contribution in [0.25, 0.3) is 0 Å². The van der Waals surface area contributed by atoms with Crippen LogP contribution in [0, 0.1) is 6.92 Å². The summed E-state index contributed by atoms with van der Waals surface area (Å²) in [5, 5.41) is 6.45. The minimum absolute atomic E-state index is 0.273. The van der Waals surface area contributed by atoms with Crippen LogP contribution in [0.4, 0.5) is 0 Å². The van der Waals surface area contributed by atoms with Crippen molar-refractivity contribution in [3.05, 3.63) is 35.4 Å². The molecule has 2 rings (SSSR count). The lowest BCUT2D eigenvalue weighted by Crippen LogP contribution is -2.42. The van der Waals surface area contributed by atoms with Gasteiger partial charge in [-0.15, -0.1) is 0 Å². The van der Waals surface area contributed by atoms with E-state index in [1.807, 2.05) is 6.92 Å². The largest absolute Gasteiger partial charge is 0.357 e. The zero-order chi connectivity index (χ0) is 18.3. The third-order valence-corrected chi connectivity index (χ3v) is 6.29. The molecular formula is C18H30N4O2S. The highest BCUT2D eigenvalue weighted by atomic mass is 32.2. The van der Waals surface area contributed by atoms with Crippen molar-refractivity contribution < 1.29 is 8.42 Å². The quantitative estimate of drug-likeness (QED) is 0.569. The zero-order valence-electron chi connectivity index (χ0n) is 15.5. The van der Waals surface area contributed by atoms with Gasteiger partial charge in [0.15, 0.2) is 5.96 Å². The van der Waals surface area contributed by atoms with E-state index in [9.17, 15) is 8.42 Å². The van der Waals surface area contributed by atoms with Gasteiger partial charge in [0.2, 0.25) is 10.0 Å². The molecule has 1 atom stereocenters. The van der Waals surface area contributed by atoms with Crippen LogP contribution in [-0.4, -0.2) is 57.2 Å². The van der Waals surface area contributed by atoms with E-state index < -0.39 is 10.0 Å². The minimum atomic E-state index is -3.03. The van der Waals surface area contributed by atoms with Crippen LogP contribution in [0.3, 0.4) is 0 Å². The van der Waals surface area contributed by atoms with Crippen LogP contribution in [0.15, 0.2) is 29.3 Å². The second-order valence-corrected chi connectivity index (χ2v) is 8.62. The Morgan fingerprint density at radius 3 is 2.80 bits per heavy atom. The molecule has 0 aliphatic carbocycles. The summed E-state index contributed by atoms with van der Waals surface area (Å²) in [6, 6.07) is 8.49. The maximum Gasteiger partial charge on any atom is 0.214 e. The van der Waals surface area contributed by atoms with Crippen molar-refractivity contribution in [3.8, 4) is 0 Å². The summed E-state index contributed by atoms with van der Waals surface area (Å²) in [4.78, 5) is 4.65. The number of rotatable bonds is 7. The number of nitrogens with one attached hydrogen (secondary N) is 2. The first-order valence-corrected chi connectivity index (χ1v) is 10.6. The summed E-state index contributed by atoms with van der Waals surface area (Å²) < 4.78 is 25.2. The molecule has 0 spiro atoms. The summed E-state index contributed by atoms with van der Waals surface area (Å²) in [5.41, 5.74) is 2.54. The Morgan fingerprint density at radius 2 is 2.16 bits per heavy atom. The molecule has 1 aliphatic rings. The van der Waals surface area contributed by atoms with E-state index in [0.29, 0.717) is 32.1 Å². The number of hydrogen-bond donors (Lipinski definition) is 2. The summed E-state index contributed by atoms with van der Waals surface area (Å²) in [7, 11) is -3.03. The fourth-order valence-corrected chi connectivity index (χ4v) is 4.42. The Balaban J connectivity index is 1.87. The first-order valence-electron chi connectivity index (χ1n) is 8.99. The second-order valence-electron chi connectivity index (χ2n) is 6.53. The fourth-order valence-electron chi connectivity index (χ4n) is 2.89. The van der Waals surface area contributed by atoms with Crippen molar-refractivity contribution in [2.45, 2.75) is 33.1 Å². The van der Waals surface area contributed by atoms with Crippen LogP contribution in [-0.2, 0) is 10.0 Å². The molecule has 140 valence electrons. The van der Waals surface area contributed by atoms with Crippen molar-refractivity contribution >= 4 is 16.0 Å². The molecule has 0 amide bonds. The van der Waals surface area contributed by atoms with Crippen LogP contribution in [0.2, 0.25) is 0 Å². The number of hydrogen-bond acceptors (Lipinski definition) is 3. The molecule has 0 aromatic heterocycles. The minimum Gasteiger partial charge on any atom is -0.357 e. The third kappa shape index (κ3) is 6.01. The molecule has 0 saturated carbocycles. The highest BCUT2D eigenvalue weighted by Crippen LogP contribution is 2.16. The van der Waals surface area contributed by atoms with Gasteiger partial charge in [-0.2, -0.15) is 0 Å². The Hall–Kier alpha value is -1.60. The number of aliphatic imine (C=N–C) groups is 1. The number of nitrogens with zero attached hydrogens (tertiary/aromatic N) is 2. The average Bonchev–Trinajstić information content (AvgIpc) is 2.91. The van der Waals surface area contributed by atoms with Crippen LogP contribution in [0.5, 0.6) is 0 Å². The standard InChI is InChI=1S/C18H30N4O2S/c1-4-19-18(20-9-11-22-10-6-12-25(22,23)24)21-14-16(3)17-8-5-7-15(2)13-17/h5,7-8,13,16H,4,6,9-12,14H2,1-3H3,(H2,19,20,21). The number of aryl methyl sites for hydroxylation is 1. The molecule has 1 aromatic rings. The maximum atomic E-state index is 11.8. The van der Waals surface area contributed by atoms with Gasteiger partial charge in [0.25, 0.3) is 0 Å². The molecule has 1 fully saturated rings.